The Morgan fingerprint density at radius 3 is 2.72 bits per heavy atom. The van der Waals surface area contributed by atoms with E-state index >= 15 is 0 Å². The minimum absolute atomic E-state index is 0.0435. The number of aryl methyl sites for hydroxylation is 1. The number of anilines is 1. The SMILES string of the molecule is CC(C)c1cc(C(=O)Nc2c([N+](=O)[O-])cnn2C)c2ccccc2n1. The molecule has 1 aromatic carbocycles. The lowest BCUT2D eigenvalue weighted by molar-refractivity contribution is -0.384. The van der Waals surface area contributed by atoms with Crippen LogP contribution in [0.5, 0.6) is 0 Å². The van der Waals surface area contributed by atoms with Gasteiger partial charge in [-0.1, -0.05) is 32.0 Å². The number of nitro groups is 1. The van der Waals surface area contributed by atoms with Crippen LogP contribution >= 0.6 is 0 Å². The van der Waals surface area contributed by atoms with Crippen LogP contribution in [0.3, 0.4) is 0 Å². The summed E-state index contributed by atoms with van der Waals surface area (Å²) in [6.45, 7) is 3.98. The lowest BCUT2D eigenvalue weighted by atomic mass is 10.0. The molecule has 128 valence electrons. The van der Waals surface area contributed by atoms with Crippen LogP contribution in [-0.4, -0.2) is 25.6 Å². The molecule has 0 radical (unpaired) electrons. The minimum Gasteiger partial charge on any atom is -0.301 e. The van der Waals surface area contributed by atoms with Crippen molar-refractivity contribution in [3.8, 4) is 0 Å². The number of carbonyl (C=O) groups excluding carboxylic acids is 1. The zero-order chi connectivity index (χ0) is 18.1. The van der Waals surface area contributed by atoms with E-state index in [0.717, 1.165) is 11.9 Å². The van der Waals surface area contributed by atoms with E-state index in [2.05, 4.69) is 15.4 Å². The first-order chi connectivity index (χ1) is 11.9. The summed E-state index contributed by atoms with van der Waals surface area (Å²) in [5, 5.41) is 18.2. The fourth-order valence-corrected chi connectivity index (χ4v) is 2.56. The van der Waals surface area contributed by atoms with Gasteiger partial charge < -0.3 is 5.32 Å². The number of pyridine rings is 1. The molecule has 1 N–H and O–H groups in total. The third-order valence-electron chi connectivity index (χ3n) is 3.92. The highest BCUT2D eigenvalue weighted by Gasteiger charge is 2.23. The summed E-state index contributed by atoms with van der Waals surface area (Å²) in [6.07, 6.45) is 1.11. The number of hydrogen-bond donors (Lipinski definition) is 1. The largest absolute Gasteiger partial charge is 0.331 e. The Hall–Kier alpha value is -3.29. The zero-order valence-electron chi connectivity index (χ0n) is 14.1. The van der Waals surface area contributed by atoms with E-state index in [1.807, 2.05) is 32.0 Å². The Morgan fingerprint density at radius 2 is 2.04 bits per heavy atom. The second kappa shape index (κ2) is 6.31. The number of nitrogens with zero attached hydrogens (tertiary/aromatic N) is 4. The standard InChI is InChI=1S/C17H17N5O3/c1-10(2)14-8-12(11-6-4-5-7-13(11)19-14)17(23)20-16-15(22(24)25)9-18-21(16)3/h4-10H,1-3H3,(H,20,23). The predicted octanol–water partition coefficient (Wildman–Crippen LogP) is 3.25. The van der Waals surface area contributed by atoms with Gasteiger partial charge in [0.2, 0.25) is 5.82 Å². The number of para-hydroxylation sites is 1. The zero-order valence-corrected chi connectivity index (χ0v) is 14.1. The van der Waals surface area contributed by atoms with E-state index in [1.54, 1.807) is 12.1 Å². The van der Waals surface area contributed by atoms with Gasteiger partial charge in [-0.05, 0) is 18.1 Å². The van der Waals surface area contributed by atoms with E-state index in [-0.39, 0.29) is 17.4 Å². The van der Waals surface area contributed by atoms with Gasteiger partial charge in [-0.3, -0.25) is 19.9 Å². The molecule has 2 aromatic heterocycles. The number of benzene rings is 1. The van der Waals surface area contributed by atoms with Crippen molar-refractivity contribution in [1.82, 2.24) is 14.8 Å². The molecule has 0 aliphatic heterocycles. The normalized spacial score (nSPS) is 11.0. The molecule has 0 bridgehead atoms. The Balaban J connectivity index is 2.08. The van der Waals surface area contributed by atoms with Crippen LogP contribution in [0.4, 0.5) is 11.5 Å². The van der Waals surface area contributed by atoms with Crippen LogP contribution in [0.1, 0.15) is 35.8 Å². The molecule has 0 saturated heterocycles. The summed E-state index contributed by atoms with van der Waals surface area (Å²) in [5.41, 5.74) is 1.66. The Bertz CT molecular complexity index is 978. The summed E-state index contributed by atoms with van der Waals surface area (Å²) in [6, 6.07) is 9.05. The molecular weight excluding hydrogens is 322 g/mol. The summed E-state index contributed by atoms with van der Waals surface area (Å²) < 4.78 is 1.27. The van der Waals surface area contributed by atoms with Crippen molar-refractivity contribution in [2.45, 2.75) is 19.8 Å². The highest BCUT2D eigenvalue weighted by molar-refractivity contribution is 6.12. The van der Waals surface area contributed by atoms with Crippen molar-refractivity contribution in [3.05, 3.63) is 57.9 Å². The van der Waals surface area contributed by atoms with Crippen LogP contribution in [0, 0.1) is 10.1 Å². The molecule has 0 saturated carbocycles. The molecule has 0 fully saturated rings. The monoisotopic (exact) mass is 339 g/mol. The molecular formula is C17H17N5O3. The van der Waals surface area contributed by atoms with Crippen LogP contribution in [-0.2, 0) is 7.05 Å². The van der Waals surface area contributed by atoms with Crippen molar-refractivity contribution >= 4 is 28.3 Å². The number of nitrogens with one attached hydrogen (secondary N) is 1. The quantitative estimate of drug-likeness (QED) is 0.580. The molecule has 1 amide bonds. The number of hydrogen-bond acceptors (Lipinski definition) is 5. The molecule has 3 aromatic rings. The van der Waals surface area contributed by atoms with E-state index in [1.165, 1.54) is 11.7 Å². The maximum atomic E-state index is 12.8. The topological polar surface area (TPSA) is 103 Å². The van der Waals surface area contributed by atoms with E-state index in [4.69, 9.17) is 0 Å². The van der Waals surface area contributed by atoms with E-state index in [0.29, 0.717) is 16.5 Å². The molecule has 2 heterocycles. The predicted molar refractivity (Wildman–Crippen MR) is 93.6 cm³/mol. The molecule has 0 aliphatic carbocycles. The molecule has 25 heavy (non-hydrogen) atoms. The third-order valence-corrected chi connectivity index (χ3v) is 3.92. The maximum Gasteiger partial charge on any atom is 0.331 e. The number of amides is 1. The number of rotatable bonds is 4. The van der Waals surface area contributed by atoms with Gasteiger partial charge in [0.1, 0.15) is 6.20 Å². The third kappa shape index (κ3) is 3.06. The molecule has 0 aliphatic rings. The molecule has 8 nitrogen and oxygen atoms in total. The van der Waals surface area contributed by atoms with Crippen molar-refractivity contribution in [1.29, 1.82) is 0 Å². The average molecular weight is 339 g/mol. The average Bonchev–Trinajstić information content (AvgIpc) is 2.94. The van der Waals surface area contributed by atoms with Gasteiger partial charge >= 0.3 is 5.69 Å². The Morgan fingerprint density at radius 1 is 1.32 bits per heavy atom. The number of carbonyl (C=O) groups is 1. The smallest absolute Gasteiger partial charge is 0.301 e. The van der Waals surface area contributed by atoms with E-state index < -0.39 is 10.8 Å². The molecule has 0 spiro atoms. The summed E-state index contributed by atoms with van der Waals surface area (Å²) in [7, 11) is 1.53. The summed E-state index contributed by atoms with van der Waals surface area (Å²) in [4.78, 5) is 27.9. The lowest BCUT2D eigenvalue weighted by Gasteiger charge is -2.12. The maximum absolute atomic E-state index is 12.8. The van der Waals surface area contributed by atoms with Gasteiger partial charge in [0, 0.05) is 18.1 Å². The number of fused-ring (bicyclic) bond motifs is 1. The van der Waals surface area contributed by atoms with Crippen LogP contribution < -0.4 is 5.32 Å². The van der Waals surface area contributed by atoms with Crippen LogP contribution in [0.25, 0.3) is 10.9 Å². The summed E-state index contributed by atoms with van der Waals surface area (Å²) >= 11 is 0. The molecule has 8 heteroatoms. The van der Waals surface area contributed by atoms with Crippen molar-refractivity contribution in [2.24, 2.45) is 7.05 Å². The van der Waals surface area contributed by atoms with Gasteiger partial charge in [0.05, 0.1) is 16.0 Å². The van der Waals surface area contributed by atoms with Gasteiger partial charge in [0.15, 0.2) is 0 Å². The molecule has 0 atom stereocenters. The highest BCUT2D eigenvalue weighted by Crippen LogP contribution is 2.26. The van der Waals surface area contributed by atoms with Gasteiger partial charge in [-0.25, -0.2) is 4.68 Å². The van der Waals surface area contributed by atoms with Crippen molar-refractivity contribution in [3.63, 3.8) is 0 Å². The number of aromatic nitrogens is 3. The lowest BCUT2D eigenvalue weighted by Crippen LogP contribution is -2.17. The first-order valence-electron chi connectivity index (χ1n) is 7.76. The van der Waals surface area contributed by atoms with Crippen LogP contribution in [0.15, 0.2) is 36.5 Å². The second-order valence-electron chi connectivity index (χ2n) is 5.98. The van der Waals surface area contributed by atoms with Gasteiger partial charge in [0.25, 0.3) is 5.91 Å². The minimum atomic E-state index is -0.577. The van der Waals surface area contributed by atoms with E-state index in [9.17, 15) is 14.9 Å². The second-order valence-corrected chi connectivity index (χ2v) is 5.98. The fraction of sp³-hybridized carbons (Fsp3) is 0.235. The highest BCUT2D eigenvalue weighted by atomic mass is 16.6. The first kappa shape index (κ1) is 16.6. The molecule has 3 rings (SSSR count). The fourth-order valence-electron chi connectivity index (χ4n) is 2.56. The first-order valence-corrected chi connectivity index (χ1v) is 7.76. The van der Waals surface area contributed by atoms with Gasteiger partial charge in [-0.15, -0.1) is 0 Å². The Labute approximate surface area is 143 Å². The molecule has 0 unspecified atom stereocenters. The summed E-state index contributed by atoms with van der Waals surface area (Å²) in [5.74, 6) is -0.253. The van der Waals surface area contributed by atoms with Crippen LogP contribution in [0.2, 0.25) is 0 Å². The van der Waals surface area contributed by atoms with Crippen molar-refractivity contribution < 1.29 is 9.72 Å². The Kier molecular flexibility index (Phi) is 4.18. The van der Waals surface area contributed by atoms with Gasteiger partial charge in [-0.2, -0.15) is 5.10 Å². The van der Waals surface area contributed by atoms with Crippen molar-refractivity contribution in [2.75, 3.05) is 5.32 Å².